The first-order valence-electron chi connectivity index (χ1n) is 4.47. The molecule has 0 radical (unpaired) electrons. The second-order valence-electron chi connectivity index (χ2n) is 3.11. The molecule has 0 saturated heterocycles. The van der Waals surface area contributed by atoms with Gasteiger partial charge in [0.2, 0.25) is 0 Å². The van der Waals surface area contributed by atoms with Crippen molar-refractivity contribution in [2.24, 2.45) is 0 Å². The Morgan fingerprint density at radius 1 is 1.50 bits per heavy atom. The van der Waals surface area contributed by atoms with E-state index in [4.69, 9.17) is 5.11 Å². The van der Waals surface area contributed by atoms with Gasteiger partial charge in [0.15, 0.2) is 0 Å². The normalized spacial score (nSPS) is 10.8. The maximum atomic E-state index is 11.7. The highest BCUT2D eigenvalue weighted by Gasteiger charge is 2.16. The van der Waals surface area contributed by atoms with Crippen molar-refractivity contribution in [3.63, 3.8) is 0 Å². The van der Waals surface area contributed by atoms with E-state index in [1.165, 1.54) is 27.6 Å². The van der Waals surface area contributed by atoms with Crippen LogP contribution in [0.1, 0.15) is 0 Å². The quantitative estimate of drug-likeness (QED) is 0.553. The molecule has 0 aliphatic heterocycles. The molecule has 0 aliphatic carbocycles. The minimum atomic E-state index is -0.664. The lowest BCUT2D eigenvalue weighted by molar-refractivity contribution is -0.389. The van der Waals surface area contributed by atoms with E-state index in [0.717, 1.165) is 0 Å². The Morgan fingerprint density at radius 3 is 2.88 bits per heavy atom. The van der Waals surface area contributed by atoms with Crippen LogP contribution < -0.4 is 5.56 Å². The summed E-state index contributed by atoms with van der Waals surface area (Å²) in [4.78, 5) is 25.1. The van der Waals surface area contributed by atoms with Crippen LogP contribution in [0.4, 0.5) is 5.82 Å². The Balaban J connectivity index is 2.65. The van der Waals surface area contributed by atoms with Gasteiger partial charge in [-0.25, -0.2) is 0 Å². The minimum Gasteiger partial charge on any atom is -0.395 e. The average molecular weight is 224 g/mol. The maximum absolute atomic E-state index is 11.7. The van der Waals surface area contributed by atoms with E-state index in [0.29, 0.717) is 0 Å². The highest BCUT2D eigenvalue weighted by Crippen LogP contribution is 2.08. The molecule has 84 valence electrons. The van der Waals surface area contributed by atoms with Crippen LogP contribution in [0.2, 0.25) is 0 Å². The number of hydrogen-bond donors (Lipinski definition) is 1. The molecule has 0 spiro atoms. The van der Waals surface area contributed by atoms with Gasteiger partial charge in [-0.15, -0.1) is 0 Å². The van der Waals surface area contributed by atoms with Crippen LogP contribution in [0.15, 0.2) is 23.4 Å². The summed E-state index contributed by atoms with van der Waals surface area (Å²) in [6.45, 7) is -0.0468. The molecule has 0 aliphatic rings. The molecule has 0 saturated carbocycles. The highest BCUT2D eigenvalue weighted by molar-refractivity contribution is 5.41. The molecule has 0 fully saturated rings. The molecular weight excluding hydrogens is 216 g/mol. The van der Waals surface area contributed by atoms with Gasteiger partial charge in [0.25, 0.3) is 0 Å². The van der Waals surface area contributed by atoms with Crippen LogP contribution in [0.5, 0.6) is 0 Å². The van der Waals surface area contributed by atoms with Crippen molar-refractivity contribution in [3.05, 3.63) is 39.1 Å². The van der Waals surface area contributed by atoms with E-state index in [1.54, 1.807) is 0 Å². The second-order valence-corrected chi connectivity index (χ2v) is 3.11. The highest BCUT2D eigenvalue weighted by atomic mass is 16.6. The first-order chi connectivity index (χ1) is 7.63. The third-order valence-corrected chi connectivity index (χ3v) is 2.11. The monoisotopic (exact) mass is 224 g/mol. The number of aromatic nitrogens is 3. The molecular formula is C8H8N4O4. The van der Waals surface area contributed by atoms with Gasteiger partial charge in [-0.1, -0.05) is 0 Å². The van der Waals surface area contributed by atoms with E-state index >= 15 is 0 Å². The molecule has 2 rings (SSSR count). The average Bonchev–Trinajstić information content (AvgIpc) is 2.67. The summed E-state index contributed by atoms with van der Waals surface area (Å²) in [7, 11) is 0. The fourth-order valence-electron chi connectivity index (χ4n) is 1.37. The van der Waals surface area contributed by atoms with Gasteiger partial charge in [0.1, 0.15) is 6.20 Å². The molecule has 1 N–H and O–H groups in total. The van der Waals surface area contributed by atoms with Gasteiger partial charge in [-0.2, -0.15) is 0 Å². The molecule has 0 atom stereocenters. The molecule has 0 aromatic carbocycles. The number of rotatable bonds is 3. The molecule has 0 unspecified atom stereocenters. The van der Waals surface area contributed by atoms with Gasteiger partial charge < -0.3 is 19.8 Å². The van der Waals surface area contributed by atoms with Gasteiger partial charge in [-0.05, 0) is 9.91 Å². The SMILES string of the molecule is O=c1c2nc([N+](=O)[O-])cn2ccn1CCO. The van der Waals surface area contributed by atoms with Crippen molar-refractivity contribution in [3.8, 4) is 0 Å². The van der Waals surface area contributed by atoms with Crippen molar-refractivity contribution < 1.29 is 10.0 Å². The zero-order valence-electron chi connectivity index (χ0n) is 8.11. The molecule has 2 heterocycles. The fourth-order valence-corrected chi connectivity index (χ4v) is 1.37. The Hall–Kier alpha value is -2.22. The van der Waals surface area contributed by atoms with Crippen LogP contribution in [0.3, 0.4) is 0 Å². The van der Waals surface area contributed by atoms with E-state index in [1.807, 2.05) is 0 Å². The number of fused-ring (bicyclic) bond motifs is 1. The van der Waals surface area contributed by atoms with Crippen LogP contribution in [0, 0.1) is 10.1 Å². The van der Waals surface area contributed by atoms with Gasteiger partial charge in [0, 0.05) is 18.9 Å². The summed E-state index contributed by atoms with van der Waals surface area (Å²) in [6, 6.07) is 0. The molecule has 8 nitrogen and oxygen atoms in total. The van der Waals surface area contributed by atoms with Crippen molar-refractivity contribution in [1.82, 2.24) is 14.0 Å². The van der Waals surface area contributed by atoms with Crippen molar-refractivity contribution in [2.75, 3.05) is 6.61 Å². The lowest BCUT2D eigenvalue weighted by Gasteiger charge is -2.00. The summed E-state index contributed by atoms with van der Waals surface area (Å²) in [5.41, 5.74) is -0.493. The summed E-state index contributed by atoms with van der Waals surface area (Å²) in [6.07, 6.45) is 4.09. The van der Waals surface area contributed by atoms with Gasteiger partial charge >= 0.3 is 17.0 Å². The van der Waals surface area contributed by atoms with Crippen molar-refractivity contribution in [2.45, 2.75) is 6.54 Å². The minimum absolute atomic E-state index is 0.0253. The summed E-state index contributed by atoms with van der Waals surface area (Å²) >= 11 is 0. The van der Waals surface area contributed by atoms with Crippen molar-refractivity contribution in [1.29, 1.82) is 0 Å². The topological polar surface area (TPSA) is 103 Å². The summed E-state index contributed by atoms with van der Waals surface area (Å²) < 4.78 is 2.53. The van der Waals surface area contributed by atoms with Crippen LogP contribution in [-0.2, 0) is 6.54 Å². The predicted octanol–water partition coefficient (Wildman–Crippen LogP) is -0.604. The lowest BCUT2D eigenvalue weighted by atomic mass is 10.6. The number of imidazole rings is 1. The van der Waals surface area contributed by atoms with Crippen LogP contribution >= 0.6 is 0 Å². The summed E-state index contributed by atoms with van der Waals surface area (Å²) in [5, 5.41) is 19.2. The Morgan fingerprint density at radius 2 is 2.25 bits per heavy atom. The van der Waals surface area contributed by atoms with Crippen molar-refractivity contribution >= 4 is 11.5 Å². The number of aliphatic hydroxyl groups is 1. The summed E-state index contributed by atoms with van der Waals surface area (Å²) in [5.74, 6) is -0.376. The Bertz CT molecular complexity index is 600. The number of hydrogen-bond acceptors (Lipinski definition) is 5. The lowest BCUT2D eigenvalue weighted by Crippen LogP contribution is -2.22. The molecule has 16 heavy (non-hydrogen) atoms. The van der Waals surface area contributed by atoms with E-state index < -0.39 is 10.5 Å². The maximum Gasteiger partial charge on any atom is 0.382 e. The number of nitro groups is 1. The molecule has 8 heteroatoms. The molecule has 0 amide bonds. The van der Waals surface area contributed by atoms with Gasteiger partial charge in [0.05, 0.1) is 6.61 Å². The Labute approximate surface area is 88.5 Å². The standard InChI is InChI=1S/C8H8N4O4/c13-4-3-10-1-2-11-5-6(12(15)16)9-7(11)8(10)14/h1-2,5,13H,3-4H2. The second kappa shape index (κ2) is 3.74. The van der Waals surface area contributed by atoms with E-state index in [9.17, 15) is 14.9 Å². The van der Waals surface area contributed by atoms with E-state index in [2.05, 4.69) is 4.98 Å². The van der Waals surface area contributed by atoms with Gasteiger partial charge in [-0.3, -0.25) is 9.20 Å². The zero-order chi connectivity index (χ0) is 11.7. The fraction of sp³-hybridized carbons (Fsp3) is 0.250. The van der Waals surface area contributed by atoms with Crippen LogP contribution in [-0.4, -0.2) is 30.6 Å². The largest absolute Gasteiger partial charge is 0.395 e. The third kappa shape index (κ3) is 1.54. The smallest absolute Gasteiger partial charge is 0.382 e. The Kier molecular flexibility index (Phi) is 2.41. The predicted molar refractivity (Wildman–Crippen MR) is 53.2 cm³/mol. The first-order valence-corrected chi connectivity index (χ1v) is 4.47. The molecule has 2 aromatic heterocycles. The third-order valence-electron chi connectivity index (χ3n) is 2.11. The van der Waals surface area contributed by atoms with E-state index in [-0.39, 0.29) is 24.6 Å². The first kappa shape index (κ1) is 10.3. The molecule has 2 aromatic rings. The zero-order valence-corrected chi connectivity index (χ0v) is 8.11. The molecule has 0 bridgehead atoms. The number of nitrogens with zero attached hydrogens (tertiary/aromatic N) is 4. The number of aliphatic hydroxyl groups excluding tert-OH is 1. The van der Waals surface area contributed by atoms with Crippen LogP contribution in [0.25, 0.3) is 5.65 Å².